The van der Waals surface area contributed by atoms with E-state index in [1.807, 2.05) is 0 Å². The number of nitrogens with zero attached hydrogens (tertiary/aromatic N) is 1. The quantitative estimate of drug-likeness (QED) is 0.733. The van der Waals surface area contributed by atoms with Crippen LogP contribution < -0.4 is 0 Å². The lowest BCUT2D eigenvalue weighted by atomic mass is 9.96. The molecule has 0 aromatic rings. The Bertz CT molecular complexity index is 155. The van der Waals surface area contributed by atoms with Gasteiger partial charge in [-0.2, -0.15) is 0 Å². The van der Waals surface area contributed by atoms with Crippen LogP contribution in [-0.2, 0) is 0 Å². The molecular formula is C13H27NO. The van der Waals surface area contributed by atoms with E-state index in [4.69, 9.17) is 5.11 Å². The highest BCUT2D eigenvalue weighted by molar-refractivity contribution is 4.78. The van der Waals surface area contributed by atoms with Crippen LogP contribution in [0.4, 0.5) is 0 Å². The van der Waals surface area contributed by atoms with Crippen LogP contribution in [0.1, 0.15) is 52.4 Å². The molecule has 1 rings (SSSR count). The number of piperidine rings is 1. The lowest BCUT2D eigenvalue weighted by Gasteiger charge is -2.37. The Kier molecular flexibility index (Phi) is 6.26. The minimum atomic E-state index is 0.351. The van der Waals surface area contributed by atoms with Gasteiger partial charge in [0, 0.05) is 19.2 Å². The third-order valence-electron chi connectivity index (χ3n) is 3.86. The Balaban J connectivity index is 2.40. The van der Waals surface area contributed by atoms with Crippen molar-refractivity contribution in [2.24, 2.45) is 5.92 Å². The van der Waals surface area contributed by atoms with Crippen LogP contribution in [0, 0.1) is 5.92 Å². The first-order valence-electron chi connectivity index (χ1n) is 6.66. The van der Waals surface area contributed by atoms with Gasteiger partial charge < -0.3 is 10.0 Å². The summed E-state index contributed by atoms with van der Waals surface area (Å²) in [5.74, 6) is 0.851. The molecule has 0 spiro atoms. The number of hydrogen-bond acceptors (Lipinski definition) is 2. The summed E-state index contributed by atoms with van der Waals surface area (Å²) in [6.45, 7) is 7.43. The SMILES string of the molecule is CCC(CC)CN1CCCCC1CCO. The van der Waals surface area contributed by atoms with Gasteiger partial charge in [-0.15, -0.1) is 0 Å². The molecule has 1 aliphatic rings. The van der Waals surface area contributed by atoms with Crippen LogP contribution >= 0.6 is 0 Å². The van der Waals surface area contributed by atoms with E-state index in [0.717, 1.165) is 12.3 Å². The lowest BCUT2D eigenvalue weighted by molar-refractivity contribution is 0.0996. The molecule has 0 saturated carbocycles. The van der Waals surface area contributed by atoms with Crippen LogP contribution in [0.5, 0.6) is 0 Å². The maximum Gasteiger partial charge on any atom is 0.0445 e. The number of aliphatic hydroxyl groups excluding tert-OH is 1. The van der Waals surface area contributed by atoms with Gasteiger partial charge in [-0.1, -0.05) is 33.1 Å². The first-order chi connectivity index (χ1) is 7.31. The molecule has 1 fully saturated rings. The zero-order valence-corrected chi connectivity index (χ0v) is 10.4. The summed E-state index contributed by atoms with van der Waals surface area (Å²) >= 11 is 0. The maximum absolute atomic E-state index is 9.06. The standard InChI is InChI=1S/C13H27NO/c1-3-12(4-2)11-14-9-6-5-7-13(14)8-10-15/h12-13,15H,3-11H2,1-2H3. The van der Waals surface area contributed by atoms with Crippen LogP contribution in [0.15, 0.2) is 0 Å². The van der Waals surface area contributed by atoms with Gasteiger partial charge in [-0.25, -0.2) is 0 Å². The molecule has 2 nitrogen and oxygen atoms in total. The molecule has 15 heavy (non-hydrogen) atoms. The fourth-order valence-corrected chi connectivity index (χ4v) is 2.65. The van der Waals surface area contributed by atoms with Crippen molar-refractivity contribution in [3.63, 3.8) is 0 Å². The smallest absolute Gasteiger partial charge is 0.0445 e. The average Bonchev–Trinajstić information content (AvgIpc) is 2.28. The van der Waals surface area contributed by atoms with Gasteiger partial charge in [0.1, 0.15) is 0 Å². The molecular weight excluding hydrogens is 186 g/mol. The van der Waals surface area contributed by atoms with Crippen molar-refractivity contribution in [3.05, 3.63) is 0 Å². The zero-order valence-electron chi connectivity index (χ0n) is 10.4. The minimum absolute atomic E-state index is 0.351. The van der Waals surface area contributed by atoms with Gasteiger partial charge in [0.25, 0.3) is 0 Å². The predicted molar refractivity (Wildman–Crippen MR) is 65.0 cm³/mol. The summed E-state index contributed by atoms with van der Waals surface area (Å²) in [6, 6.07) is 0.657. The van der Waals surface area contributed by atoms with E-state index in [-0.39, 0.29) is 0 Å². The van der Waals surface area contributed by atoms with E-state index in [1.54, 1.807) is 0 Å². The monoisotopic (exact) mass is 213 g/mol. The summed E-state index contributed by atoms with van der Waals surface area (Å²) in [5.41, 5.74) is 0. The van der Waals surface area contributed by atoms with Crippen molar-refractivity contribution in [2.75, 3.05) is 19.7 Å². The highest BCUT2D eigenvalue weighted by atomic mass is 16.3. The summed E-state index contributed by atoms with van der Waals surface area (Å²) in [5, 5.41) is 9.06. The summed E-state index contributed by atoms with van der Waals surface area (Å²) < 4.78 is 0. The van der Waals surface area contributed by atoms with E-state index in [1.165, 1.54) is 45.2 Å². The Labute approximate surface area is 94.7 Å². The molecule has 0 aromatic heterocycles. The van der Waals surface area contributed by atoms with Crippen LogP contribution in [0.2, 0.25) is 0 Å². The van der Waals surface area contributed by atoms with Crippen LogP contribution in [0.3, 0.4) is 0 Å². The molecule has 0 radical (unpaired) electrons. The molecule has 1 unspecified atom stereocenters. The lowest BCUT2D eigenvalue weighted by Crippen LogP contribution is -2.42. The summed E-state index contributed by atoms with van der Waals surface area (Å²) in [4.78, 5) is 2.62. The molecule has 1 aliphatic heterocycles. The highest BCUT2D eigenvalue weighted by Gasteiger charge is 2.23. The highest BCUT2D eigenvalue weighted by Crippen LogP contribution is 2.22. The molecule has 2 heteroatoms. The van der Waals surface area contributed by atoms with Crippen LogP contribution in [-0.4, -0.2) is 35.7 Å². The van der Waals surface area contributed by atoms with Crippen molar-refractivity contribution in [3.8, 4) is 0 Å². The molecule has 0 bridgehead atoms. The van der Waals surface area contributed by atoms with Crippen LogP contribution in [0.25, 0.3) is 0 Å². The van der Waals surface area contributed by atoms with Gasteiger partial charge in [0.15, 0.2) is 0 Å². The Hall–Kier alpha value is -0.0800. The second kappa shape index (κ2) is 7.24. The Morgan fingerprint density at radius 2 is 2.00 bits per heavy atom. The van der Waals surface area contributed by atoms with Gasteiger partial charge in [-0.05, 0) is 31.7 Å². The van der Waals surface area contributed by atoms with Crippen molar-refractivity contribution in [1.82, 2.24) is 4.90 Å². The second-order valence-corrected chi connectivity index (χ2v) is 4.84. The normalized spacial score (nSPS) is 23.6. The molecule has 0 amide bonds. The van der Waals surface area contributed by atoms with Gasteiger partial charge in [0.2, 0.25) is 0 Å². The maximum atomic E-state index is 9.06. The van der Waals surface area contributed by atoms with Crippen molar-refractivity contribution in [1.29, 1.82) is 0 Å². The molecule has 0 aromatic carbocycles. The minimum Gasteiger partial charge on any atom is -0.396 e. The predicted octanol–water partition coefficient (Wildman–Crippen LogP) is 2.66. The van der Waals surface area contributed by atoms with E-state index >= 15 is 0 Å². The fourth-order valence-electron chi connectivity index (χ4n) is 2.65. The number of likely N-dealkylation sites (tertiary alicyclic amines) is 1. The third-order valence-corrected chi connectivity index (χ3v) is 3.86. The first kappa shape index (κ1) is 13.0. The number of hydrogen-bond donors (Lipinski definition) is 1. The Morgan fingerprint density at radius 3 is 2.60 bits per heavy atom. The van der Waals surface area contributed by atoms with E-state index in [2.05, 4.69) is 18.7 Å². The zero-order chi connectivity index (χ0) is 11.1. The molecule has 1 N–H and O–H groups in total. The third kappa shape index (κ3) is 4.12. The molecule has 1 heterocycles. The molecule has 1 atom stereocenters. The summed E-state index contributed by atoms with van der Waals surface area (Å²) in [7, 11) is 0. The van der Waals surface area contributed by atoms with Crippen molar-refractivity contribution < 1.29 is 5.11 Å². The number of rotatable bonds is 6. The molecule has 1 saturated heterocycles. The Morgan fingerprint density at radius 1 is 1.27 bits per heavy atom. The average molecular weight is 213 g/mol. The van der Waals surface area contributed by atoms with Gasteiger partial charge in [0.05, 0.1) is 0 Å². The second-order valence-electron chi connectivity index (χ2n) is 4.84. The molecule has 0 aliphatic carbocycles. The van der Waals surface area contributed by atoms with Gasteiger partial charge in [-0.3, -0.25) is 0 Å². The van der Waals surface area contributed by atoms with E-state index in [9.17, 15) is 0 Å². The van der Waals surface area contributed by atoms with Crippen molar-refractivity contribution >= 4 is 0 Å². The fraction of sp³-hybridized carbons (Fsp3) is 1.00. The van der Waals surface area contributed by atoms with Crippen molar-refractivity contribution in [2.45, 2.75) is 58.4 Å². The van der Waals surface area contributed by atoms with E-state index < -0.39 is 0 Å². The largest absolute Gasteiger partial charge is 0.396 e. The van der Waals surface area contributed by atoms with E-state index in [0.29, 0.717) is 12.6 Å². The molecule has 90 valence electrons. The first-order valence-corrected chi connectivity index (χ1v) is 6.66. The topological polar surface area (TPSA) is 23.5 Å². The van der Waals surface area contributed by atoms with Gasteiger partial charge >= 0.3 is 0 Å². The summed E-state index contributed by atoms with van der Waals surface area (Å²) in [6.07, 6.45) is 7.55. The number of aliphatic hydroxyl groups is 1.